The second-order valence-electron chi connectivity index (χ2n) is 17.1. The molecule has 0 fully saturated rings. The molecule has 1 atom stereocenters. The van der Waals surface area contributed by atoms with Crippen LogP contribution < -0.4 is 0 Å². The van der Waals surface area contributed by atoms with Crippen molar-refractivity contribution < 1.29 is 0 Å². The lowest BCUT2D eigenvalue weighted by Crippen LogP contribution is -2.39. The van der Waals surface area contributed by atoms with Crippen molar-refractivity contribution in [3.05, 3.63) is 12.4 Å². The van der Waals surface area contributed by atoms with Crippen molar-refractivity contribution in [2.24, 2.45) is 0 Å². The van der Waals surface area contributed by atoms with E-state index in [1.807, 2.05) is 0 Å². The van der Waals surface area contributed by atoms with Crippen LogP contribution >= 0.6 is 0 Å². The van der Waals surface area contributed by atoms with Gasteiger partial charge in [-0.3, -0.25) is 0 Å². The van der Waals surface area contributed by atoms with Crippen LogP contribution in [0.1, 0.15) is 284 Å². The second-order valence-corrected chi connectivity index (χ2v) is 17.1. The van der Waals surface area contributed by atoms with Crippen molar-refractivity contribution in [1.29, 1.82) is 0 Å². The summed E-state index contributed by atoms with van der Waals surface area (Å²) >= 11 is 0. The van der Waals surface area contributed by atoms with E-state index < -0.39 is 0 Å². The van der Waals surface area contributed by atoms with Crippen LogP contribution in [0, 0.1) is 0 Å². The Kier molecular flexibility index (Phi) is 38.4. The monoisotopic (exact) mass is 715 g/mol. The Labute approximate surface area is 324 Å². The molecule has 0 aliphatic carbocycles. The summed E-state index contributed by atoms with van der Waals surface area (Å²) in [5.41, 5.74) is 0. The predicted molar refractivity (Wildman–Crippen MR) is 233 cm³/mol. The van der Waals surface area contributed by atoms with Crippen molar-refractivity contribution >= 4 is 0 Å². The van der Waals surface area contributed by atoms with Gasteiger partial charge in [-0.2, -0.15) is 0 Å². The molecule has 0 saturated carbocycles. The molecule has 51 heavy (non-hydrogen) atoms. The maximum atomic E-state index is 2.74. The summed E-state index contributed by atoms with van der Waals surface area (Å²) in [6, 6.07) is 0. The molecule has 1 unspecified atom stereocenters. The molecule has 0 spiro atoms. The highest BCUT2D eigenvalue weighted by molar-refractivity contribution is 4.97. The van der Waals surface area contributed by atoms with E-state index in [-0.39, 0.29) is 0 Å². The van der Waals surface area contributed by atoms with Crippen LogP contribution in [0.15, 0.2) is 12.4 Å². The van der Waals surface area contributed by atoms with Gasteiger partial charge in [-0.05, 0) is 25.7 Å². The first kappa shape index (κ1) is 48.4. The van der Waals surface area contributed by atoms with Crippen molar-refractivity contribution in [3.8, 4) is 0 Å². The van der Waals surface area contributed by atoms with Crippen molar-refractivity contribution in [2.45, 2.75) is 290 Å². The molecule has 0 saturated heterocycles. The molecule has 1 heterocycles. The number of hydrogen-bond acceptors (Lipinski definition) is 2. The van der Waals surface area contributed by atoms with Crippen LogP contribution in [-0.4, -0.2) is 29.1 Å². The van der Waals surface area contributed by atoms with Crippen LogP contribution in [-0.2, 0) is 0 Å². The Morgan fingerprint density at radius 2 is 0.451 bits per heavy atom. The average molecular weight is 715 g/mol. The van der Waals surface area contributed by atoms with E-state index in [4.69, 9.17) is 0 Å². The first-order valence-corrected chi connectivity index (χ1v) is 24.5. The quantitative estimate of drug-likeness (QED) is 0.0580. The fourth-order valence-corrected chi connectivity index (χ4v) is 8.48. The Morgan fingerprint density at radius 3 is 0.686 bits per heavy atom. The number of hydrogen-bond donors (Lipinski definition) is 0. The molecule has 304 valence electrons. The van der Waals surface area contributed by atoms with Gasteiger partial charge >= 0.3 is 0 Å². The molecule has 1 aliphatic heterocycles. The lowest BCUT2D eigenvalue weighted by atomic mass is 10.0. The van der Waals surface area contributed by atoms with Gasteiger partial charge in [0.2, 0.25) is 0 Å². The molecule has 1 aliphatic rings. The Balaban J connectivity index is 2.20. The Hall–Kier alpha value is -0.660. The molecule has 0 N–H and O–H groups in total. The number of unbranched alkanes of at least 4 members (excludes halogenated alkanes) is 37. The van der Waals surface area contributed by atoms with E-state index in [0.717, 1.165) is 0 Å². The van der Waals surface area contributed by atoms with Crippen molar-refractivity contribution in [3.63, 3.8) is 0 Å². The van der Waals surface area contributed by atoms with Gasteiger partial charge in [0, 0.05) is 25.5 Å². The van der Waals surface area contributed by atoms with E-state index in [9.17, 15) is 0 Å². The van der Waals surface area contributed by atoms with Crippen LogP contribution in [0.5, 0.6) is 0 Å². The van der Waals surface area contributed by atoms with Crippen LogP contribution in [0.3, 0.4) is 0 Å². The molecule has 0 aromatic rings. The van der Waals surface area contributed by atoms with Gasteiger partial charge in [0.1, 0.15) is 6.17 Å². The molecular weight excluding hydrogens is 617 g/mol. The molecule has 0 amide bonds. The van der Waals surface area contributed by atoms with E-state index in [1.165, 1.54) is 276 Å². The summed E-state index contributed by atoms with van der Waals surface area (Å²) < 4.78 is 0. The van der Waals surface area contributed by atoms with E-state index in [1.54, 1.807) is 0 Å². The topological polar surface area (TPSA) is 6.48 Å². The minimum absolute atomic E-state index is 0.636. The highest BCUT2D eigenvalue weighted by atomic mass is 15.4. The summed E-state index contributed by atoms with van der Waals surface area (Å²) in [4.78, 5) is 5.48. The molecule has 1 rings (SSSR count). The van der Waals surface area contributed by atoms with Gasteiger partial charge in [0.15, 0.2) is 0 Å². The van der Waals surface area contributed by atoms with Crippen molar-refractivity contribution in [2.75, 3.05) is 13.1 Å². The third kappa shape index (κ3) is 32.5. The molecule has 2 nitrogen and oxygen atoms in total. The van der Waals surface area contributed by atoms with Gasteiger partial charge in [0.05, 0.1) is 0 Å². The molecule has 0 radical (unpaired) electrons. The summed E-state index contributed by atoms with van der Waals surface area (Å²) in [6.45, 7) is 9.49. The highest BCUT2D eigenvalue weighted by Crippen LogP contribution is 2.24. The normalized spacial score (nSPS) is 14.5. The smallest absolute Gasteiger partial charge is 0.101 e. The number of rotatable bonds is 43. The Bertz CT molecular complexity index is 673. The van der Waals surface area contributed by atoms with E-state index >= 15 is 0 Å². The third-order valence-electron chi connectivity index (χ3n) is 12.1. The fraction of sp³-hybridized carbons (Fsp3) is 0.959. The summed E-state index contributed by atoms with van der Waals surface area (Å²) in [5.74, 6) is 0. The number of nitrogens with zero attached hydrogens (tertiary/aromatic N) is 2. The zero-order chi connectivity index (χ0) is 36.6. The summed E-state index contributed by atoms with van der Waals surface area (Å²) in [7, 11) is 0. The van der Waals surface area contributed by atoms with Gasteiger partial charge in [-0.15, -0.1) is 0 Å². The van der Waals surface area contributed by atoms with Gasteiger partial charge in [-0.1, -0.05) is 258 Å². The predicted octanol–water partition coefficient (Wildman–Crippen LogP) is 17.5. The lowest BCUT2D eigenvalue weighted by Gasteiger charge is -2.33. The summed E-state index contributed by atoms with van der Waals surface area (Å²) in [5, 5.41) is 0. The van der Waals surface area contributed by atoms with Crippen LogP contribution in [0.2, 0.25) is 0 Å². The highest BCUT2D eigenvalue weighted by Gasteiger charge is 2.24. The molecule has 2 heteroatoms. The van der Waals surface area contributed by atoms with Gasteiger partial charge < -0.3 is 9.80 Å². The summed E-state index contributed by atoms with van der Waals surface area (Å²) in [6.07, 6.45) is 64.9. The Morgan fingerprint density at radius 1 is 0.255 bits per heavy atom. The van der Waals surface area contributed by atoms with Gasteiger partial charge in [-0.25, -0.2) is 0 Å². The van der Waals surface area contributed by atoms with Gasteiger partial charge in [0.25, 0.3) is 0 Å². The maximum absolute atomic E-state index is 2.74. The first-order chi connectivity index (χ1) is 25.3. The standard InChI is InChI=1S/C49H98N2/c1-4-7-10-13-16-19-22-24-25-26-27-29-32-35-38-41-44-49-50(45-42-39-36-33-30-21-18-15-12-9-6-3)47-48-51(49)46-43-40-37-34-31-28-23-20-17-14-11-8-5-2/h47-49H,4-46H2,1-3H3. The zero-order valence-corrected chi connectivity index (χ0v) is 36.0. The zero-order valence-electron chi connectivity index (χ0n) is 36.0. The van der Waals surface area contributed by atoms with Crippen LogP contribution in [0.4, 0.5) is 0 Å². The van der Waals surface area contributed by atoms with E-state index in [2.05, 4.69) is 43.0 Å². The minimum Gasteiger partial charge on any atom is -0.356 e. The van der Waals surface area contributed by atoms with E-state index in [0.29, 0.717) is 6.17 Å². The first-order valence-electron chi connectivity index (χ1n) is 24.5. The third-order valence-corrected chi connectivity index (χ3v) is 12.1. The molecule has 0 aromatic carbocycles. The second kappa shape index (κ2) is 40.5. The largest absolute Gasteiger partial charge is 0.356 e. The average Bonchev–Trinajstić information content (AvgIpc) is 3.53. The fourth-order valence-electron chi connectivity index (χ4n) is 8.48. The van der Waals surface area contributed by atoms with Crippen LogP contribution in [0.25, 0.3) is 0 Å². The molecule has 0 bridgehead atoms. The molecular formula is C49H98N2. The molecule has 0 aromatic heterocycles. The van der Waals surface area contributed by atoms with Crippen molar-refractivity contribution in [1.82, 2.24) is 9.80 Å². The lowest BCUT2D eigenvalue weighted by molar-refractivity contribution is 0.135. The SMILES string of the molecule is CCCCCCCCCCCCCCCCCCC1N(CCCCCCCCCCCCC)C=CN1CCCCCCCCCCCCCCC. The maximum Gasteiger partial charge on any atom is 0.101 e. The minimum atomic E-state index is 0.636.